The SMILES string of the molecule is NCCc1cccc(-c2cccc(OC(F)(F)F)c2)c1F. The van der Waals surface area contributed by atoms with E-state index in [0.29, 0.717) is 17.5 Å². The summed E-state index contributed by atoms with van der Waals surface area (Å²) in [6.07, 6.45) is -4.42. The second-order valence-corrected chi connectivity index (χ2v) is 4.39. The summed E-state index contributed by atoms with van der Waals surface area (Å²) >= 11 is 0. The maximum absolute atomic E-state index is 14.3. The third-order valence-corrected chi connectivity index (χ3v) is 2.87. The van der Waals surface area contributed by atoms with Crippen LogP contribution in [0.25, 0.3) is 11.1 Å². The first-order chi connectivity index (χ1) is 9.90. The van der Waals surface area contributed by atoms with Crippen molar-refractivity contribution in [3.63, 3.8) is 0 Å². The van der Waals surface area contributed by atoms with Gasteiger partial charge in [-0.15, -0.1) is 13.2 Å². The standard InChI is InChI=1S/C15H13F4NO/c16-14-10(7-8-20)3-2-6-13(14)11-4-1-5-12(9-11)21-15(17,18)19/h1-6,9H,7-8,20H2. The molecule has 0 aliphatic carbocycles. The van der Waals surface area contributed by atoms with E-state index in [9.17, 15) is 17.6 Å². The maximum atomic E-state index is 14.3. The Balaban J connectivity index is 2.38. The van der Waals surface area contributed by atoms with Crippen molar-refractivity contribution in [1.82, 2.24) is 0 Å². The summed E-state index contributed by atoms with van der Waals surface area (Å²) in [6, 6.07) is 9.96. The van der Waals surface area contributed by atoms with E-state index in [4.69, 9.17) is 5.73 Å². The molecule has 0 atom stereocenters. The Labute approximate surface area is 119 Å². The number of rotatable bonds is 4. The summed E-state index contributed by atoms with van der Waals surface area (Å²) < 4.78 is 54.8. The zero-order valence-electron chi connectivity index (χ0n) is 11.0. The average molecular weight is 299 g/mol. The molecule has 0 spiro atoms. The van der Waals surface area contributed by atoms with Gasteiger partial charge in [-0.2, -0.15) is 0 Å². The molecule has 0 amide bonds. The number of alkyl halides is 3. The molecule has 2 rings (SSSR count). The van der Waals surface area contributed by atoms with Crippen LogP contribution in [-0.2, 0) is 6.42 Å². The van der Waals surface area contributed by atoms with Crippen LogP contribution in [0.15, 0.2) is 42.5 Å². The molecule has 0 bridgehead atoms. The van der Waals surface area contributed by atoms with Crippen molar-refractivity contribution < 1.29 is 22.3 Å². The van der Waals surface area contributed by atoms with Gasteiger partial charge in [-0.3, -0.25) is 0 Å². The summed E-state index contributed by atoms with van der Waals surface area (Å²) in [5.41, 5.74) is 6.36. The lowest BCUT2D eigenvalue weighted by molar-refractivity contribution is -0.274. The van der Waals surface area contributed by atoms with Crippen molar-refractivity contribution in [2.75, 3.05) is 6.54 Å². The van der Waals surface area contributed by atoms with Crippen molar-refractivity contribution in [2.24, 2.45) is 5.73 Å². The number of nitrogens with two attached hydrogens (primary N) is 1. The fraction of sp³-hybridized carbons (Fsp3) is 0.200. The van der Waals surface area contributed by atoms with Crippen LogP contribution in [0.1, 0.15) is 5.56 Å². The highest BCUT2D eigenvalue weighted by Crippen LogP contribution is 2.30. The summed E-state index contributed by atoms with van der Waals surface area (Å²) in [7, 11) is 0. The number of benzene rings is 2. The van der Waals surface area contributed by atoms with Gasteiger partial charge in [0.1, 0.15) is 11.6 Å². The zero-order chi connectivity index (χ0) is 15.5. The van der Waals surface area contributed by atoms with Crippen LogP contribution < -0.4 is 10.5 Å². The Morgan fingerprint density at radius 2 is 1.76 bits per heavy atom. The van der Waals surface area contributed by atoms with Gasteiger partial charge in [-0.1, -0.05) is 30.3 Å². The van der Waals surface area contributed by atoms with Crippen LogP contribution in [0.2, 0.25) is 0 Å². The van der Waals surface area contributed by atoms with Crippen molar-refractivity contribution in [1.29, 1.82) is 0 Å². The summed E-state index contributed by atoms with van der Waals surface area (Å²) in [5, 5.41) is 0. The van der Waals surface area contributed by atoms with E-state index in [1.54, 1.807) is 12.1 Å². The van der Waals surface area contributed by atoms with Crippen LogP contribution >= 0.6 is 0 Å². The van der Waals surface area contributed by atoms with Crippen LogP contribution in [0, 0.1) is 5.82 Å². The van der Waals surface area contributed by atoms with Crippen molar-refractivity contribution >= 4 is 0 Å². The molecule has 0 fully saturated rings. The molecule has 0 aromatic heterocycles. The van der Waals surface area contributed by atoms with Gasteiger partial charge in [-0.25, -0.2) is 4.39 Å². The second-order valence-electron chi connectivity index (χ2n) is 4.39. The smallest absolute Gasteiger partial charge is 0.406 e. The Bertz CT molecular complexity index is 625. The highest BCUT2D eigenvalue weighted by molar-refractivity contribution is 5.66. The van der Waals surface area contributed by atoms with Crippen LogP contribution in [0.4, 0.5) is 17.6 Å². The van der Waals surface area contributed by atoms with E-state index >= 15 is 0 Å². The molecule has 2 N–H and O–H groups in total. The number of ether oxygens (including phenoxy) is 1. The molecule has 0 saturated heterocycles. The van der Waals surface area contributed by atoms with E-state index in [-0.39, 0.29) is 17.9 Å². The largest absolute Gasteiger partial charge is 0.573 e. The molecule has 112 valence electrons. The van der Waals surface area contributed by atoms with Gasteiger partial charge in [0.25, 0.3) is 0 Å². The van der Waals surface area contributed by atoms with Gasteiger partial charge in [-0.05, 0) is 36.2 Å². The summed E-state index contributed by atoms with van der Waals surface area (Å²) in [5.74, 6) is -0.865. The van der Waals surface area contributed by atoms with E-state index in [1.165, 1.54) is 24.3 Å². The maximum Gasteiger partial charge on any atom is 0.573 e. The van der Waals surface area contributed by atoms with Crippen molar-refractivity contribution in [3.8, 4) is 16.9 Å². The topological polar surface area (TPSA) is 35.2 Å². The first-order valence-corrected chi connectivity index (χ1v) is 6.24. The van der Waals surface area contributed by atoms with Gasteiger partial charge in [0, 0.05) is 5.56 Å². The second kappa shape index (κ2) is 6.13. The molecular weight excluding hydrogens is 286 g/mol. The molecule has 0 aliphatic heterocycles. The van der Waals surface area contributed by atoms with Crippen LogP contribution in [0.3, 0.4) is 0 Å². The molecule has 0 unspecified atom stereocenters. The van der Waals surface area contributed by atoms with Gasteiger partial charge in [0.05, 0.1) is 0 Å². The molecule has 0 heterocycles. The molecule has 2 nitrogen and oxygen atoms in total. The first kappa shape index (κ1) is 15.3. The molecule has 21 heavy (non-hydrogen) atoms. The third kappa shape index (κ3) is 3.95. The molecular formula is C15H13F4NO. The predicted octanol–water partition coefficient (Wildman–Crippen LogP) is 3.89. The Kier molecular flexibility index (Phi) is 4.47. The molecule has 0 saturated carbocycles. The van der Waals surface area contributed by atoms with Crippen LogP contribution in [0.5, 0.6) is 5.75 Å². The normalized spacial score (nSPS) is 11.5. The van der Waals surface area contributed by atoms with Gasteiger partial charge < -0.3 is 10.5 Å². The lowest BCUT2D eigenvalue weighted by Crippen LogP contribution is -2.17. The van der Waals surface area contributed by atoms with Crippen molar-refractivity contribution in [2.45, 2.75) is 12.8 Å². The predicted molar refractivity (Wildman–Crippen MR) is 71.3 cm³/mol. The first-order valence-electron chi connectivity index (χ1n) is 6.24. The van der Waals surface area contributed by atoms with E-state index in [1.807, 2.05) is 0 Å². The minimum Gasteiger partial charge on any atom is -0.406 e. The molecule has 0 radical (unpaired) electrons. The monoisotopic (exact) mass is 299 g/mol. The van der Waals surface area contributed by atoms with Gasteiger partial charge in [0.15, 0.2) is 0 Å². The van der Waals surface area contributed by atoms with Crippen LogP contribution in [-0.4, -0.2) is 12.9 Å². The van der Waals surface area contributed by atoms with E-state index in [2.05, 4.69) is 4.74 Å². The minimum atomic E-state index is -4.78. The summed E-state index contributed by atoms with van der Waals surface area (Å²) in [4.78, 5) is 0. The molecule has 6 heteroatoms. The number of halogens is 4. The molecule has 0 aliphatic rings. The molecule has 2 aromatic rings. The summed E-state index contributed by atoms with van der Waals surface area (Å²) in [6.45, 7) is 0.289. The Morgan fingerprint density at radius 1 is 1.05 bits per heavy atom. The average Bonchev–Trinajstić information content (AvgIpc) is 2.40. The van der Waals surface area contributed by atoms with Gasteiger partial charge in [0.2, 0.25) is 0 Å². The molecule has 2 aromatic carbocycles. The number of hydrogen-bond acceptors (Lipinski definition) is 2. The Hall–Kier alpha value is -2.08. The lowest BCUT2D eigenvalue weighted by Gasteiger charge is -2.11. The zero-order valence-corrected chi connectivity index (χ0v) is 11.0. The fourth-order valence-corrected chi connectivity index (χ4v) is 2.01. The van der Waals surface area contributed by atoms with Crippen molar-refractivity contribution in [3.05, 3.63) is 53.8 Å². The van der Waals surface area contributed by atoms with E-state index in [0.717, 1.165) is 6.07 Å². The number of hydrogen-bond donors (Lipinski definition) is 1. The fourth-order valence-electron chi connectivity index (χ4n) is 2.01. The van der Waals surface area contributed by atoms with E-state index < -0.39 is 12.2 Å². The Morgan fingerprint density at radius 3 is 2.43 bits per heavy atom. The third-order valence-electron chi connectivity index (χ3n) is 2.87. The minimum absolute atomic E-state index is 0.216. The highest BCUT2D eigenvalue weighted by Gasteiger charge is 2.31. The highest BCUT2D eigenvalue weighted by atomic mass is 19.4. The van der Waals surface area contributed by atoms with Gasteiger partial charge >= 0.3 is 6.36 Å². The lowest BCUT2D eigenvalue weighted by atomic mass is 10.0. The quantitative estimate of drug-likeness (QED) is 0.869.